The summed E-state index contributed by atoms with van der Waals surface area (Å²) in [6.45, 7) is 4.56. The highest BCUT2D eigenvalue weighted by Crippen LogP contribution is 2.32. The summed E-state index contributed by atoms with van der Waals surface area (Å²) in [5.74, 6) is 0.858. The second-order valence-corrected chi connectivity index (χ2v) is 4.66. The van der Waals surface area contributed by atoms with Crippen LogP contribution in [0.5, 0.6) is 5.75 Å². The van der Waals surface area contributed by atoms with Crippen molar-refractivity contribution in [3.05, 3.63) is 29.8 Å². The first kappa shape index (κ1) is 12.4. The molecule has 2 rings (SSSR count). The monoisotopic (exact) mass is 235 g/mol. The van der Waals surface area contributed by atoms with Crippen molar-refractivity contribution in [2.24, 2.45) is 0 Å². The van der Waals surface area contributed by atoms with E-state index >= 15 is 0 Å². The molecule has 1 aliphatic rings. The molecule has 17 heavy (non-hydrogen) atoms. The Bertz CT molecular complexity index is 359. The first-order chi connectivity index (χ1) is 8.24. The maximum absolute atomic E-state index is 10.6. The molecule has 1 aliphatic heterocycles. The fraction of sp³-hybridized carbons (Fsp3) is 0.571. The van der Waals surface area contributed by atoms with E-state index in [4.69, 9.17) is 4.74 Å². The third kappa shape index (κ3) is 2.99. The smallest absolute Gasteiger partial charge is 0.119 e. The van der Waals surface area contributed by atoms with Crippen molar-refractivity contribution < 1.29 is 9.84 Å². The fourth-order valence-corrected chi connectivity index (χ4v) is 2.22. The van der Waals surface area contributed by atoms with Gasteiger partial charge in [0.2, 0.25) is 0 Å². The van der Waals surface area contributed by atoms with Crippen LogP contribution in [0, 0.1) is 0 Å². The minimum Gasteiger partial charge on any atom is -0.494 e. The summed E-state index contributed by atoms with van der Waals surface area (Å²) in [4.78, 5) is 0. The van der Waals surface area contributed by atoms with Gasteiger partial charge in [-0.1, -0.05) is 19.1 Å². The second kappa shape index (κ2) is 5.52. The third-order valence-corrected chi connectivity index (χ3v) is 3.27. The van der Waals surface area contributed by atoms with E-state index in [0.29, 0.717) is 0 Å². The Hall–Kier alpha value is -1.06. The van der Waals surface area contributed by atoms with E-state index in [0.717, 1.165) is 50.3 Å². The molecular weight excluding hydrogens is 214 g/mol. The van der Waals surface area contributed by atoms with Crippen molar-refractivity contribution >= 4 is 0 Å². The Morgan fingerprint density at radius 2 is 2.12 bits per heavy atom. The molecule has 1 saturated heterocycles. The fourth-order valence-electron chi connectivity index (χ4n) is 2.22. The lowest BCUT2D eigenvalue weighted by molar-refractivity contribution is 0.00573. The van der Waals surface area contributed by atoms with Gasteiger partial charge in [-0.3, -0.25) is 0 Å². The number of ether oxygens (including phenoxy) is 1. The molecule has 0 unspecified atom stereocenters. The van der Waals surface area contributed by atoms with Crippen molar-refractivity contribution in [2.75, 3.05) is 19.7 Å². The molecule has 0 radical (unpaired) electrons. The zero-order chi connectivity index (χ0) is 12.1. The van der Waals surface area contributed by atoms with Crippen LogP contribution in [-0.4, -0.2) is 24.8 Å². The summed E-state index contributed by atoms with van der Waals surface area (Å²) in [6, 6.07) is 7.87. The highest BCUT2D eigenvalue weighted by molar-refractivity contribution is 5.32. The van der Waals surface area contributed by atoms with Gasteiger partial charge in [-0.25, -0.2) is 0 Å². The first-order valence-electron chi connectivity index (χ1n) is 6.41. The number of aliphatic hydroxyl groups is 1. The molecule has 0 atom stereocenters. The van der Waals surface area contributed by atoms with Crippen molar-refractivity contribution in [3.63, 3.8) is 0 Å². The molecular formula is C14H21NO2. The van der Waals surface area contributed by atoms with Crippen LogP contribution >= 0.6 is 0 Å². The van der Waals surface area contributed by atoms with Crippen molar-refractivity contribution in [1.29, 1.82) is 0 Å². The van der Waals surface area contributed by atoms with Gasteiger partial charge in [0.25, 0.3) is 0 Å². The van der Waals surface area contributed by atoms with E-state index in [1.54, 1.807) is 0 Å². The summed E-state index contributed by atoms with van der Waals surface area (Å²) in [7, 11) is 0. The lowest BCUT2D eigenvalue weighted by atomic mass is 9.85. The topological polar surface area (TPSA) is 41.5 Å². The molecule has 1 aromatic carbocycles. The van der Waals surface area contributed by atoms with E-state index < -0.39 is 5.60 Å². The summed E-state index contributed by atoms with van der Waals surface area (Å²) < 4.78 is 5.60. The highest BCUT2D eigenvalue weighted by Gasteiger charge is 2.31. The zero-order valence-electron chi connectivity index (χ0n) is 10.4. The van der Waals surface area contributed by atoms with Crippen LogP contribution in [-0.2, 0) is 5.60 Å². The normalized spacial score (nSPS) is 18.9. The summed E-state index contributed by atoms with van der Waals surface area (Å²) in [5.41, 5.74) is 0.296. The van der Waals surface area contributed by atoms with Gasteiger partial charge >= 0.3 is 0 Å². The summed E-state index contributed by atoms with van der Waals surface area (Å²) in [6.07, 6.45) is 2.53. The van der Waals surface area contributed by atoms with Gasteiger partial charge in [-0.15, -0.1) is 0 Å². The Morgan fingerprint density at radius 1 is 1.35 bits per heavy atom. The van der Waals surface area contributed by atoms with Gasteiger partial charge in [0.15, 0.2) is 0 Å². The van der Waals surface area contributed by atoms with Crippen molar-refractivity contribution in [3.8, 4) is 5.75 Å². The molecule has 1 fully saturated rings. The molecule has 3 heteroatoms. The lowest BCUT2D eigenvalue weighted by Crippen LogP contribution is -2.39. The highest BCUT2D eigenvalue weighted by atomic mass is 16.5. The van der Waals surface area contributed by atoms with Gasteiger partial charge in [0.1, 0.15) is 5.75 Å². The third-order valence-electron chi connectivity index (χ3n) is 3.27. The van der Waals surface area contributed by atoms with Crippen molar-refractivity contribution in [2.45, 2.75) is 31.8 Å². The first-order valence-corrected chi connectivity index (χ1v) is 6.41. The lowest BCUT2D eigenvalue weighted by Gasteiger charge is -2.33. The molecule has 0 bridgehead atoms. The number of hydrogen-bond acceptors (Lipinski definition) is 3. The largest absolute Gasteiger partial charge is 0.494 e. The molecule has 3 nitrogen and oxygen atoms in total. The summed E-state index contributed by atoms with van der Waals surface area (Å²) in [5, 5.41) is 13.9. The average molecular weight is 235 g/mol. The van der Waals surface area contributed by atoms with Crippen LogP contribution in [0.1, 0.15) is 31.7 Å². The van der Waals surface area contributed by atoms with Crippen LogP contribution in [0.2, 0.25) is 0 Å². The predicted octanol–water partition coefficient (Wildman–Crippen LogP) is 2.05. The molecule has 1 aromatic rings. The maximum Gasteiger partial charge on any atom is 0.119 e. The van der Waals surface area contributed by atoms with E-state index in [2.05, 4.69) is 12.2 Å². The molecule has 0 saturated carbocycles. The molecule has 0 aliphatic carbocycles. The van der Waals surface area contributed by atoms with Crippen LogP contribution in [0.25, 0.3) is 0 Å². The molecule has 94 valence electrons. The Kier molecular flexibility index (Phi) is 4.02. The van der Waals surface area contributed by atoms with E-state index in [1.165, 1.54) is 0 Å². The number of rotatable bonds is 4. The van der Waals surface area contributed by atoms with Crippen LogP contribution in [0.15, 0.2) is 24.3 Å². The summed E-state index contributed by atoms with van der Waals surface area (Å²) >= 11 is 0. The number of piperidine rings is 1. The van der Waals surface area contributed by atoms with Crippen LogP contribution < -0.4 is 10.1 Å². The van der Waals surface area contributed by atoms with Gasteiger partial charge < -0.3 is 15.2 Å². The Morgan fingerprint density at radius 3 is 2.82 bits per heavy atom. The quantitative estimate of drug-likeness (QED) is 0.839. The number of hydrogen-bond donors (Lipinski definition) is 2. The van der Waals surface area contributed by atoms with E-state index in [9.17, 15) is 5.11 Å². The number of benzene rings is 1. The molecule has 2 N–H and O–H groups in total. The predicted molar refractivity (Wildman–Crippen MR) is 68.2 cm³/mol. The van der Waals surface area contributed by atoms with E-state index in [-0.39, 0.29) is 0 Å². The number of nitrogens with one attached hydrogen (secondary N) is 1. The van der Waals surface area contributed by atoms with Crippen molar-refractivity contribution in [1.82, 2.24) is 5.32 Å². The van der Waals surface area contributed by atoms with Crippen LogP contribution in [0.3, 0.4) is 0 Å². The van der Waals surface area contributed by atoms with Gasteiger partial charge in [0, 0.05) is 0 Å². The SMILES string of the molecule is CCCOc1cccc(C2(O)CCNCC2)c1. The minimum absolute atomic E-state index is 0.684. The van der Waals surface area contributed by atoms with E-state index in [1.807, 2.05) is 24.3 Å². The van der Waals surface area contributed by atoms with Gasteiger partial charge in [-0.2, -0.15) is 0 Å². The van der Waals surface area contributed by atoms with Gasteiger partial charge in [0.05, 0.1) is 12.2 Å². The maximum atomic E-state index is 10.6. The molecule has 1 heterocycles. The Labute approximate surface area is 103 Å². The zero-order valence-corrected chi connectivity index (χ0v) is 10.4. The van der Waals surface area contributed by atoms with Crippen LogP contribution in [0.4, 0.5) is 0 Å². The molecule has 0 aromatic heterocycles. The standard InChI is InChI=1S/C14H21NO2/c1-2-10-17-13-5-3-4-12(11-13)14(16)6-8-15-9-7-14/h3-5,11,15-16H,2,6-10H2,1H3. The minimum atomic E-state index is -0.684. The average Bonchev–Trinajstić information content (AvgIpc) is 2.38. The molecule has 0 amide bonds. The Balaban J connectivity index is 2.14. The van der Waals surface area contributed by atoms with Gasteiger partial charge in [-0.05, 0) is 50.0 Å². The molecule has 0 spiro atoms. The second-order valence-electron chi connectivity index (χ2n) is 4.66.